The van der Waals surface area contributed by atoms with Gasteiger partial charge in [-0.3, -0.25) is 14.5 Å². The first-order valence-electron chi connectivity index (χ1n) is 6.01. The summed E-state index contributed by atoms with van der Waals surface area (Å²) in [6.07, 6.45) is 1.63. The van der Waals surface area contributed by atoms with Gasteiger partial charge in [-0.15, -0.1) is 0 Å². The predicted octanol–water partition coefficient (Wildman–Crippen LogP) is -0.559. The van der Waals surface area contributed by atoms with Crippen LogP contribution in [0.2, 0.25) is 0 Å². The molecule has 6 nitrogen and oxygen atoms in total. The third kappa shape index (κ3) is 2.95. The SMILES string of the molecule is O=C(O)CC1C(=O)NCCN1C1CCOCC1. The maximum Gasteiger partial charge on any atom is 0.305 e. The fraction of sp³-hybridized carbons (Fsp3) is 0.818. The number of amides is 1. The highest BCUT2D eigenvalue weighted by Crippen LogP contribution is 2.20. The molecule has 2 fully saturated rings. The number of carbonyl (C=O) groups excluding carboxylic acids is 1. The van der Waals surface area contributed by atoms with Gasteiger partial charge in [-0.2, -0.15) is 0 Å². The number of carbonyl (C=O) groups is 2. The molecular weight excluding hydrogens is 224 g/mol. The molecule has 2 N–H and O–H groups in total. The summed E-state index contributed by atoms with van der Waals surface area (Å²) in [4.78, 5) is 24.6. The van der Waals surface area contributed by atoms with Gasteiger partial charge in [-0.05, 0) is 12.8 Å². The normalized spacial score (nSPS) is 27.8. The smallest absolute Gasteiger partial charge is 0.305 e. The number of rotatable bonds is 3. The lowest BCUT2D eigenvalue weighted by molar-refractivity contribution is -0.144. The molecule has 0 saturated carbocycles. The van der Waals surface area contributed by atoms with Crippen molar-refractivity contribution in [1.29, 1.82) is 0 Å². The van der Waals surface area contributed by atoms with E-state index in [9.17, 15) is 9.59 Å². The molecule has 17 heavy (non-hydrogen) atoms. The average molecular weight is 242 g/mol. The highest BCUT2D eigenvalue weighted by Gasteiger charge is 2.36. The molecule has 0 aromatic rings. The van der Waals surface area contributed by atoms with E-state index >= 15 is 0 Å². The first kappa shape index (κ1) is 12.3. The number of carboxylic acids is 1. The molecule has 96 valence electrons. The van der Waals surface area contributed by atoms with E-state index in [0.717, 1.165) is 19.4 Å². The Morgan fingerprint density at radius 1 is 1.47 bits per heavy atom. The summed E-state index contributed by atoms with van der Waals surface area (Å²) >= 11 is 0. The third-order valence-corrected chi connectivity index (χ3v) is 3.40. The molecule has 2 aliphatic rings. The van der Waals surface area contributed by atoms with Gasteiger partial charge in [0.1, 0.15) is 0 Å². The second-order valence-corrected chi connectivity index (χ2v) is 4.49. The van der Waals surface area contributed by atoms with Crippen LogP contribution in [0, 0.1) is 0 Å². The molecule has 0 aromatic carbocycles. The third-order valence-electron chi connectivity index (χ3n) is 3.40. The monoisotopic (exact) mass is 242 g/mol. The number of piperazine rings is 1. The molecule has 0 radical (unpaired) electrons. The van der Waals surface area contributed by atoms with Crippen molar-refractivity contribution in [2.45, 2.75) is 31.3 Å². The van der Waals surface area contributed by atoms with E-state index in [1.54, 1.807) is 0 Å². The number of hydrogen-bond donors (Lipinski definition) is 2. The van der Waals surface area contributed by atoms with Gasteiger partial charge in [-0.1, -0.05) is 0 Å². The highest BCUT2D eigenvalue weighted by atomic mass is 16.5. The van der Waals surface area contributed by atoms with Crippen molar-refractivity contribution in [3.8, 4) is 0 Å². The zero-order valence-electron chi connectivity index (χ0n) is 9.72. The molecule has 1 atom stereocenters. The van der Waals surface area contributed by atoms with Crippen LogP contribution in [0.4, 0.5) is 0 Å². The Morgan fingerprint density at radius 2 is 2.18 bits per heavy atom. The standard InChI is InChI=1S/C11H18N2O4/c14-10(15)7-9-11(16)12-3-4-13(9)8-1-5-17-6-2-8/h8-9H,1-7H2,(H,12,16)(H,14,15). The summed E-state index contributed by atoms with van der Waals surface area (Å²) < 4.78 is 5.29. The van der Waals surface area contributed by atoms with Crippen molar-refractivity contribution < 1.29 is 19.4 Å². The molecule has 0 aromatic heterocycles. The summed E-state index contributed by atoms with van der Waals surface area (Å²) in [5, 5.41) is 11.6. The van der Waals surface area contributed by atoms with Crippen LogP contribution in [0.3, 0.4) is 0 Å². The van der Waals surface area contributed by atoms with E-state index in [0.29, 0.717) is 19.8 Å². The minimum Gasteiger partial charge on any atom is -0.481 e. The number of aliphatic carboxylic acids is 1. The second-order valence-electron chi connectivity index (χ2n) is 4.49. The Balaban J connectivity index is 2.05. The van der Waals surface area contributed by atoms with Crippen molar-refractivity contribution in [3.63, 3.8) is 0 Å². The molecule has 0 spiro atoms. The lowest BCUT2D eigenvalue weighted by Gasteiger charge is -2.41. The number of hydrogen-bond acceptors (Lipinski definition) is 4. The van der Waals surface area contributed by atoms with E-state index in [1.165, 1.54) is 0 Å². The number of nitrogens with one attached hydrogen (secondary N) is 1. The minimum absolute atomic E-state index is 0.122. The summed E-state index contributed by atoms with van der Waals surface area (Å²) in [6, 6.07) is -0.247. The largest absolute Gasteiger partial charge is 0.481 e. The fourth-order valence-corrected chi connectivity index (χ4v) is 2.56. The van der Waals surface area contributed by atoms with E-state index < -0.39 is 12.0 Å². The maximum absolute atomic E-state index is 11.7. The van der Waals surface area contributed by atoms with Crippen molar-refractivity contribution in [2.75, 3.05) is 26.3 Å². The van der Waals surface area contributed by atoms with Gasteiger partial charge < -0.3 is 15.2 Å². The fourth-order valence-electron chi connectivity index (χ4n) is 2.56. The molecule has 0 bridgehead atoms. The lowest BCUT2D eigenvalue weighted by atomic mass is 10.0. The van der Waals surface area contributed by atoms with Crippen molar-refractivity contribution in [1.82, 2.24) is 10.2 Å². The quantitative estimate of drug-likeness (QED) is 0.693. The molecular formula is C11H18N2O4. The number of nitrogens with zero attached hydrogens (tertiary/aromatic N) is 1. The summed E-state index contributed by atoms with van der Waals surface area (Å²) in [7, 11) is 0. The number of carboxylic acid groups (broad SMARTS) is 1. The van der Waals surface area contributed by atoms with Gasteiger partial charge >= 0.3 is 5.97 Å². The Kier molecular flexibility index (Phi) is 3.96. The molecule has 0 aliphatic carbocycles. The van der Waals surface area contributed by atoms with Gasteiger partial charge in [0.05, 0.1) is 12.5 Å². The lowest BCUT2D eigenvalue weighted by Crippen LogP contribution is -2.59. The van der Waals surface area contributed by atoms with Crippen LogP contribution >= 0.6 is 0 Å². The molecule has 6 heteroatoms. The molecule has 2 saturated heterocycles. The predicted molar refractivity (Wildman–Crippen MR) is 59.6 cm³/mol. The van der Waals surface area contributed by atoms with Gasteiger partial charge in [0.2, 0.25) is 5.91 Å². The Hall–Kier alpha value is -1.14. The van der Waals surface area contributed by atoms with E-state index in [2.05, 4.69) is 5.32 Å². The Labute approximate surface area is 99.9 Å². The van der Waals surface area contributed by atoms with Gasteiger partial charge in [0.15, 0.2) is 0 Å². The van der Waals surface area contributed by atoms with E-state index in [1.807, 2.05) is 4.90 Å². The Morgan fingerprint density at radius 3 is 2.82 bits per heavy atom. The maximum atomic E-state index is 11.7. The van der Waals surface area contributed by atoms with Crippen LogP contribution in [-0.4, -0.2) is 60.3 Å². The van der Waals surface area contributed by atoms with E-state index in [-0.39, 0.29) is 18.4 Å². The number of ether oxygens (including phenoxy) is 1. The van der Waals surface area contributed by atoms with Crippen molar-refractivity contribution >= 4 is 11.9 Å². The topological polar surface area (TPSA) is 78.9 Å². The van der Waals surface area contributed by atoms with Crippen LogP contribution in [0.15, 0.2) is 0 Å². The van der Waals surface area contributed by atoms with Crippen LogP contribution < -0.4 is 5.32 Å². The van der Waals surface area contributed by atoms with Crippen LogP contribution in [0.1, 0.15) is 19.3 Å². The van der Waals surface area contributed by atoms with Gasteiger partial charge in [-0.25, -0.2) is 0 Å². The first-order chi connectivity index (χ1) is 8.18. The summed E-state index contributed by atoms with van der Waals surface area (Å²) in [5.41, 5.74) is 0. The highest BCUT2D eigenvalue weighted by molar-refractivity contribution is 5.86. The van der Waals surface area contributed by atoms with Crippen LogP contribution in [0.5, 0.6) is 0 Å². The summed E-state index contributed by atoms with van der Waals surface area (Å²) in [5.74, 6) is -1.09. The van der Waals surface area contributed by atoms with Crippen molar-refractivity contribution in [3.05, 3.63) is 0 Å². The molecule has 1 unspecified atom stereocenters. The molecule has 1 amide bonds. The average Bonchev–Trinajstić information content (AvgIpc) is 2.32. The molecule has 2 rings (SSSR count). The second kappa shape index (κ2) is 5.46. The Bertz CT molecular complexity index is 302. The molecule has 2 aliphatic heterocycles. The van der Waals surface area contributed by atoms with Crippen LogP contribution in [-0.2, 0) is 14.3 Å². The van der Waals surface area contributed by atoms with Gasteiger partial charge in [0.25, 0.3) is 0 Å². The minimum atomic E-state index is -0.927. The molecule has 2 heterocycles. The zero-order chi connectivity index (χ0) is 12.3. The van der Waals surface area contributed by atoms with Gasteiger partial charge in [0, 0.05) is 32.3 Å². The van der Waals surface area contributed by atoms with Crippen LogP contribution in [0.25, 0.3) is 0 Å². The first-order valence-corrected chi connectivity index (χ1v) is 6.01. The zero-order valence-corrected chi connectivity index (χ0v) is 9.72. The van der Waals surface area contributed by atoms with Crippen molar-refractivity contribution in [2.24, 2.45) is 0 Å². The summed E-state index contributed by atoms with van der Waals surface area (Å²) in [6.45, 7) is 2.73. The van der Waals surface area contributed by atoms with E-state index in [4.69, 9.17) is 9.84 Å².